The Morgan fingerprint density at radius 2 is 1.67 bits per heavy atom. The zero-order valence-electron chi connectivity index (χ0n) is 21.2. The number of benzene rings is 1. The van der Waals surface area contributed by atoms with E-state index in [0.29, 0.717) is 24.4 Å². The standard InChI is InChI=1S/C28H36N6O2/c1-31-12-14-32(15-13-31)25-4-2-21(3-5-25)26(35)33-10-7-28(8-11-33)16-24(28)18-30-27(36)34-19-22-6-9-29-17-23(22)20-34/h2-6,9,17,24H,7-8,10-16,18-20H2,1H3,(H,30,36). The molecule has 2 saturated heterocycles. The second-order valence-electron chi connectivity index (χ2n) is 11.1. The smallest absolute Gasteiger partial charge is 0.318 e. The van der Waals surface area contributed by atoms with Crippen LogP contribution < -0.4 is 10.2 Å². The molecule has 2 aromatic rings. The van der Waals surface area contributed by atoms with Gasteiger partial charge in [0.15, 0.2) is 0 Å². The predicted octanol–water partition coefficient (Wildman–Crippen LogP) is 2.80. The maximum Gasteiger partial charge on any atom is 0.318 e. The highest BCUT2D eigenvalue weighted by atomic mass is 16.2. The van der Waals surface area contributed by atoms with Crippen LogP contribution in [-0.4, -0.2) is 84.5 Å². The number of hydrogen-bond acceptors (Lipinski definition) is 5. The van der Waals surface area contributed by atoms with Crippen LogP contribution in [0.1, 0.15) is 40.7 Å². The fourth-order valence-electron chi connectivity index (χ4n) is 6.24. The van der Waals surface area contributed by atoms with Crippen LogP contribution in [0.2, 0.25) is 0 Å². The van der Waals surface area contributed by atoms with Gasteiger partial charge < -0.3 is 24.9 Å². The van der Waals surface area contributed by atoms with Crippen molar-refractivity contribution in [3.8, 4) is 0 Å². The Hall–Kier alpha value is -3.13. The molecule has 8 nitrogen and oxygen atoms in total. The van der Waals surface area contributed by atoms with Crippen LogP contribution in [0.5, 0.6) is 0 Å². The quantitative estimate of drug-likeness (QED) is 0.717. The van der Waals surface area contributed by atoms with E-state index in [1.165, 1.54) is 11.3 Å². The molecule has 3 fully saturated rings. The SMILES string of the molecule is CN1CCN(c2ccc(C(=O)N3CCC4(CC3)CC4CNC(=O)N3Cc4ccncc4C3)cc2)CC1. The number of pyridine rings is 1. The van der Waals surface area contributed by atoms with Crippen molar-refractivity contribution in [3.63, 3.8) is 0 Å². The number of amides is 3. The number of carbonyl (C=O) groups is 2. The lowest BCUT2D eigenvalue weighted by Gasteiger charge is -2.34. The number of piperazine rings is 1. The number of nitrogens with one attached hydrogen (secondary N) is 1. The van der Waals surface area contributed by atoms with Crippen LogP contribution in [-0.2, 0) is 13.1 Å². The number of anilines is 1. The number of hydrogen-bond donors (Lipinski definition) is 1. The first-order chi connectivity index (χ1) is 17.5. The van der Waals surface area contributed by atoms with Crippen LogP contribution in [0.15, 0.2) is 42.7 Å². The predicted molar refractivity (Wildman–Crippen MR) is 139 cm³/mol. The largest absolute Gasteiger partial charge is 0.369 e. The summed E-state index contributed by atoms with van der Waals surface area (Å²) in [5, 5.41) is 3.17. The molecule has 1 saturated carbocycles. The molecular weight excluding hydrogens is 452 g/mol. The van der Waals surface area contributed by atoms with Gasteiger partial charge in [-0.15, -0.1) is 0 Å². The van der Waals surface area contributed by atoms with Gasteiger partial charge in [0.25, 0.3) is 5.91 Å². The summed E-state index contributed by atoms with van der Waals surface area (Å²) in [5.74, 6) is 0.664. The van der Waals surface area contributed by atoms with E-state index < -0.39 is 0 Å². The number of piperidine rings is 1. The molecule has 4 heterocycles. The Morgan fingerprint density at radius 3 is 2.39 bits per heavy atom. The van der Waals surface area contributed by atoms with E-state index in [1.54, 1.807) is 6.20 Å². The van der Waals surface area contributed by atoms with Crippen molar-refractivity contribution in [1.29, 1.82) is 0 Å². The molecule has 0 radical (unpaired) electrons. The van der Waals surface area contributed by atoms with Gasteiger partial charge in [-0.05, 0) is 79.1 Å². The Balaban J connectivity index is 0.959. The molecule has 3 amide bonds. The lowest BCUT2D eigenvalue weighted by molar-refractivity contribution is 0.0669. The first kappa shape index (κ1) is 23.3. The van der Waals surface area contributed by atoms with Crippen LogP contribution >= 0.6 is 0 Å². The Labute approximate surface area is 213 Å². The normalized spacial score (nSPS) is 23.0. The van der Waals surface area contributed by atoms with Crippen molar-refractivity contribution < 1.29 is 9.59 Å². The number of urea groups is 1. The third-order valence-corrected chi connectivity index (χ3v) is 8.90. The van der Waals surface area contributed by atoms with Crippen molar-refractivity contribution in [3.05, 3.63) is 59.4 Å². The monoisotopic (exact) mass is 488 g/mol. The summed E-state index contributed by atoms with van der Waals surface area (Å²) in [4.78, 5) is 38.6. The zero-order chi connectivity index (χ0) is 24.7. The summed E-state index contributed by atoms with van der Waals surface area (Å²) in [7, 11) is 2.16. The van der Waals surface area contributed by atoms with Crippen molar-refractivity contribution in [1.82, 2.24) is 25.0 Å². The molecule has 36 heavy (non-hydrogen) atoms. The molecule has 1 aromatic heterocycles. The number of aromatic nitrogens is 1. The van der Waals surface area contributed by atoms with Gasteiger partial charge in [0.1, 0.15) is 0 Å². The van der Waals surface area contributed by atoms with E-state index >= 15 is 0 Å². The minimum absolute atomic E-state index is 0.0147. The van der Waals surface area contributed by atoms with E-state index in [0.717, 1.165) is 76.2 Å². The number of rotatable bonds is 4. The third kappa shape index (κ3) is 4.54. The number of likely N-dealkylation sites (N-methyl/N-ethyl adjacent to an activating group) is 1. The number of nitrogens with zero attached hydrogens (tertiary/aromatic N) is 5. The summed E-state index contributed by atoms with van der Waals surface area (Å²) in [6.45, 7) is 7.84. The number of fused-ring (bicyclic) bond motifs is 1. The zero-order valence-corrected chi connectivity index (χ0v) is 21.2. The molecule has 4 aliphatic rings. The van der Waals surface area contributed by atoms with Crippen molar-refractivity contribution >= 4 is 17.6 Å². The van der Waals surface area contributed by atoms with Crippen molar-refractivity contribution in [2.75, 3.05) is 57.8 Å². The molecular formula is C28H36N6O2. The molecule has 1 aromatic carbocycles. The topological polar surface area (TPSA) is 72.0 Å². The van der Waals surface area contributed by atoms with Gasteiger partial charge in [0.05, 0.1) is 0 Å². The Kier molecular flexibility index (Phi) is 6.07. The van der Waals surface area contributed by atoms with Crippen LogP contribution in [0, 0.1) is 11.3 Å². The van der Waals surface area contributed by atoms with Gasteiger partial charge in [-0.2, -0.15) is 0 Å². The number of likely N-dealkylation sites (tertiary alicyclic amines) is 1. The van der Waals surface area contributed by atoms with E-state index in [4.69, 9.17) is 0 Å². The summed E-state index contributed by atoms with van der Waals surface area (Å²) < 4.78 is 0. The molecule has 0 bridgehead atoms. The van der Waals surface area contributed by atoms with Crippen molar-refractivity contribution in [2.24, 2.45) is 11.3 Å². The second kappa shape index (κ2) is 9.39. The molecule has 8 heteroatoms. The van der Waals surface area contributed by atoms with Gasteiger partial charge in [-0.3, -0.25) is 9.78 Å². The highest BCUT2D eigenvalue weighted by molar-refractivity contribution is 5.94. The average molecular weight is 489 g/mol. The first-order valence-electron chi connectivity index (χ1n) is 13.3. The van der Waals surface area contributed by atoms with Crippen molar-refractivity contribution in [2.45, 2.75) is 32.4 Å². The molecule has 1 N–H and O–H groups in total. The summed E-state index contributed by atoms with van der Waals surface area (Å²) >= 11 is 0. The maximum atomic E-state index is 13.1. The van der Waals surface area contributed by atoms with E-state index in [9.17, 15) is 9.59 Å². The molecule has 1 atom stereocenters. The van der Waals surface area contributed by atoms with Crippen LogP contribution in [0.25, 0.3) is 0 Å². The summed E-state index contributed by atoms with van der Waals surface area (Å²) in [6.07, 6.45) is 6.85. The highest BCUT2D eigenvalue weighted by Gasteiger charge is 2.54. The van der Waals surface area contributed by atoms with Crippen LogP contribution in [0.3, 0.4) is 0 Å². The minimum Gasteiger partial charge on any atom is -0.369 e. The van der Waals surface area contributed by atoms with Gasteiger partial charge in [-0.25, -0.2) is 4.79 Å². The molecule has 6 rings (SSSR count). The second-order valence-corrected chi connectivity index (χ2v) is 11.1. The fourth-order valence-corrected chi connectivity index (χ4v) is 6.24. The van der Waals surface area contributed by atoms with Crippen LogP contribution in [0.4, 0.5) is 10.5 Å². The highest BCUT2D eigenvalue weighted by Crippen LogP contribution is 2.59. The van der Waals surface area contributed by atoms with E-state index in [-0.39, 0.29) is 11.9 Å². The Morgan fingerprint density at radius 1 is 0.944 bits per heavy atom. The lowest BCUT2D eigenvalue weighted by Crippen LogP contribution is -2.44. The van der Waals surface area contributed by atoms with Gasteiger partial charge in [0, 0.05) is 82.5 Å². The molecule has 190 valence electrons. The summed E-state index contributed by atoms with van der Waals surface area (Å²) in [6, 6.07) is 10.2. The molecule has 1 unspecified atom stereocenters. The number of carbonyl (C=O) groups excluding carboxylic acids is 2. The van der Waals surface area contributed by atoms with E-state index in [2.05, 4.69) is 39.3 Å². The first-order valence-corrected chi connectivity index (χ1v) is 13.3. The summed E-state index contributed by atoms with van der Waals surface area (Å²) in [5.41, 5.74) is 4.61. The van der Waals surface area contributed by atoms with Gasteiger partial charge in [-0.1, -0.05) is 0 Å². The fraction of sp³-hybridized carbons (Fsp3) is 0.536. The maximum absolute atomic E-state index is 13.1. The lowest BCUT2D eigenvalue weighted by atomic mass is 9.90. The third-order valence-electron chi connectivity index (χ3n) is 8.90. The average Bonchev–Trinajstić information content (AvgIpc) is 3.38. The molecule has 3 aliphatic heterocycles. The van der Waals surface area contributed by atoms with Gasteiger partial charge in [0.2, 0.25) is 0 Å². The minimum atomic E-state index is 0.0147. The van der Waals surface area contributed by atoms with E-state index in [1.807, 2.05) is 34.2 Å². The Bertz CT molecular complexity index is 1090. The van der Waals surface area contributed by atoms with Gasteiger partial charge >= 0.3 is 6.03 Å². The molecule has 1 aliphatic carbocycles. The molecule has 1 spiro atoms.